The third-order valence-electron chi connectivity index (χ3n) is 6.07. The van der Waals surface area contributed by atoms with E-state index in [0.717, 1.165) is 49.3 Å². The first-order valence-electron chi connectivity index (χ1n) is 10.3. The Morgan fingerprint density at radius 3 is 2.73 bits per heavy atom. The van der Waals surface area contributed by atoms with E-state index in [9.17, 15) is 9.90 Å². The maximum absolute atomic E-state index is 12.0. The minimum atomic E-state index is -0.877. The van der Waals surface area contributed by atoms with Crippen LogP contribution in [0.1, 0.15) is 30.9 Å². The molecule has 7 heteroatoms. The SMILES string of the molecule is CCC1=C(C2CCc3ccccc3C2)C(=S)C(C(=O)O)C=C1NCC1=CNCN1.Cl. The summed E-state index contributed by atoms with van der Waals surface area (Å²) in [5.41, 5.74) is 6.99. The van der Waals surface area contributed by atoms with E-state index < -0.39 is 11.9 Å². The molecule has 0 amide bonds. The molecular weight excluding hydrogens is 418 g/mol. The van der Waals surface area contributed by atoms with Crippen molar-refractivity contribution in [3.8, 4) is 0 Å². The lowest BCUT2D eigenvalue weighted by molar-refractivity contribution is -0.138. The number of aryl methyl sites for hydroxylation is 1. The predicted octanol–water partition coefficient (Wildman–Crippen LogP) is 3.47. The highest BCUT2D eigenvalue weighted by atomic mass is 35.5. The smallest absolute Gasteiger partial charge is 0.315 e. The van der Waals surface area contributed by atoms with Gasteiger partial charge in [-0.3, -0.25) is 4.79 Å². The number of carboxylic acids is 1. The summed E-state index contributed by atoms with van der Waals surface area (Å²) in [5, 5.41) is 19.7. The van der Waals surface area contributed by atoms with Crippen LogP contribution in [0.5, 0.6) is 0 Å². The Morgan fingerprint density at radius 1 is 1.30 bits per heavy atom. The van der Waals surface area contributed by atoms with Gasteiger partial charge in [0.2, 0.25) is 0 Å². The largest absolute Gasteiger partial charge is 0.481 e. The molecule has 4 N–H and O–H groups in total. The molecule has 1 aliphatic heterocycles. The number of hydrogen-bond donors (Lipinski definition) is 4. The fraction of sp³-hybridized carbons (Fsp3) is 0.391. The van der Waals surface area contributed by atoms with E-state index in [-0.39, 0.29) is 18.3 Å². The molecule has 3 aliphatic rings. The lowest BCUT2D eigenvalue weighted by Crippen LogP contribution is -2.35. The standard InChI is InChI=1S/C23H27N3O2S.ClH/c1-2-18-20(25-12-17-11-24-13-26-17)10-19(23(27)28)22(29)21(18)16-8-7-14-5-3-4-6-15(14)9-16;/h3-6,10-11,16,19,24-26H,2,7-9,12-13H2,1H3,(H,27,28);1H. The molecule has 0 aromatic heterocycles. The molecule has 160 valence electrons. The Balaban J connectivity index is 0.00000256. The van der Waals surface area contributed by atoms with Gasteiger partial charge in [0, 0.05) is 22.5 Å². The van der Waals surface area contributed by atoms with Gasteiger partial charge in [0.25, 0.3) is 0 Å². The van der Waals surface area contributed by atoms with Crippen molar-refractivity contribution < 1.29 is 9.90 Å². The summed E-state index contributed by atoms with van der Waals surface area (Å²) in [7, 11) is 0. The van der Waals surface area contributed by atoms with Crippen molar-refractivity contribution in [3.05, 3.63) is 70.2 Å². The Morgan fingerprint density at radius 2 is 2.07 bits per heavy atom. The van der Waals surface area contributed by atoms with Gasteiger partial charge in [-0.05, 0) is 60.0 Å². The van der Waals surface area contributed by atoms with Crippen molar-refractivity contribution >= 4 is 35.5 Å². The van der Waals surface area contributed by atoms with Gasteiger partial charge in [0.05, 0.1) is 13.2 Å². The van der Waals surface area contributed by atoms with Gasteiger partial charge in [-0.15, -0.1) is 12.4 Å². The molecule has 0 spiro atoms. The monoisotopic (exact) mass is 445 g/mol. The molecule has 0 saturated carbocycles. The maximum atomic E-state index is 12.0. The Hall–Kier alpha value is -2.31. The van der Waals surface area contributed by atoms with Crippen LogP contribution in [0.2, 0.25) is 0 Å². The quantitative estimate of drug-likeness (QED) is 0.502. The summed E-state index contributed by atoms with van der Waals surface area (Å²) in [4.78, 5) is 12.6. The summed E-state index contributed by atoms with van der Waals surface area (Å²) < 4.78 is 0. The first-order chi connectivity index (χ1) is 14.1. The van der Waals surface area contributed by atoms with Crippen LogP contribution >= 0.6 is 24.6 Å². The Kier molecular flexibility index (Phi) is 7.21. The zero-order valence-corrected chi connectivity index (χ0v) is 18.7. The van der Waals surface area contributed by atoms with Gasteiger partial charge in [-0.25, -0.2) is 0 Å². The number of carboxylic acid groups (broad SMARTS) is 1. The van der Waals surface area contributed by atoms with Crippen molar-refractivity contribution in [1.82, 2.24) is 16.0 Å². The molecule has 2 unspecified atom stereocenters. The van der Waals surface area contributed by atoms with E-state index in [2.05, 4.69) is 47.1 Å². The summed E-state index contributed by atoms with van der Waals surface area (Å²) in [6.07, 6.45) is 7.51. The van der Waals surface area contributed by atoms with Crippen molar-refractivity contribution in [3.63, 3.8) is 0 Å². The van der Waals surface area contributed by atoms with Gasteiger partial charge in [0.1, 0.15) is 5.92 Å². The Bertz CT molecular complexity index is 938. The second kappa shape index (κ2) is 9.67. The fourth-order valence-electron chi connectivity index (χ4n) is 4.62. The zero-order chi connectivity index (χ0) is 20.4. The lowest BCUT2D eigenvalue weighted by atomic mass is 9.73. The number of thiocarbonyl (C=S) groups is 1. The van der Waals surface area contributed by atoms with Crippen molar-refractivity contribution in [2.24, 2.45) is 11.8 Å². The van der Waals surface area contributed by atoms with E-state index in [1.807, 2.05) is 6.20 Å². The first kappa shape index (κ1) is 22.4. The topological polar surface area (TPSA) is 73.4 Å². The summed E-state index contributed by atoms with van der Waals surface area (Å²) in [5.74, 6) is -1.36. The number of hydrogen-bond acceptors (Lipinski definition) is 5. The van der Waals surface area contributed by atoms with Crippen LogP contribution in [0, 0.1) is 11.8 Å². The van der Waals surface area contributed by atoms with E-state index >= 15 is 0 Å². The van der Waals surface area contributed by atoms with Crippen LogP contribution in [0.25, 0.3) is 0 Å². The van der Waals surface area contributed by atoms with Gasteiger partial charge in [0.15, 0.2) is 0 Å². The molecular formula is C23H28ClN3O2S. The van der Waals surface area contributed by atoms with Crippen LogP contribution in [0.3, 0.4) is 0 Å². The van der Waals surface area contributed by atoms with Crippen LogP contribution in [-0.4, -0.2) is 29.2 Å². The van der Waals surface area contributed by atoms with Crippen molar-refractivity contribution in [2.45, 2.75) is 32.6 Å². The average molecular weight is 446 g/mol. The van der Waals surface area contributed by atoms with E-state index in [1.165, 1.54) is 16.7 Å². The molecule has 0 radical (unpaired) electrons. The molecule has 1 aromatic carbocycles. The Labute approximate surface area is 189 Å². The molecule has 0 fully saturated rings. The number of rotatable bonds is 6. The third-order valence-corrected chi connectivity index (χ3v) is 6.54. The van der Waals surface area contributed by atoms with Gasteiger partial charge in [-0.1, -0.05) is 43.4 Å². The zero-order valence-electron chi connectivity index (χ0n) is 17.0. The number of allylic oxidation sites excluding steroid dienone is 2. The molecule has 2 atom stereocenters. The lowest BCUT2D eigenvalue weighted by Gasteiger charge is -2.34. The summed E-state index contributed by atoms with van der Waals surface area (Å²) in [6.45, 7) is 3.48. The van der Waals surface area contributed by atoms with E-state index in [0.29, 0.717) is 11.4 Å². The number of nitrogens with one attached hydrogen (secondary N) is 3. The maximum Gasteiger partial charge on any atom is 0.315 e. The number of benzene rings is 1. The van der Waals surface area contributed by atoms with Crippen LogP contribution in [0.15, 0.2) is 59.1 Å². The average Bonchev–Trinajstić information content (AvgIpc) is 3.25. The van der Waals surface area contributed by atoms with Gasteiger partial charge >= 0.3 is 5.97 Å². The summed E-state index contributed by atoms with van der Waals surface area (Å²) >= 11 is 5.75. The van der Waals surface area contributed by atoms with Gasteiger partial charge in [-0.2, -0.15) is 0 Å². The molecule has 2 aliphatic carbocycles. The van der Waals surface area contributed by atoms with Gasteiger partial charge < -0.3 is 21.1 Å². The number of aliphatic carboxylic acids is 1. The van der Waals surface area contributed by atoms with Crippen molar-refractivity contribution in [1.29, 1.82) is 0 Å². The number of carbonyl (C=O) groups is 1. The molecule has 4 rings (SSSR count). The molecule has 1 aromatic rings. The molecule has 1 heterocycles. The first-order valence-corrected chi connectivity index (χ1v) is 10.7. The second-order valence-corrected chi connectivity index (χ2v) is 8.24. The highest BCUT2D eigenvalue weighted by Gasteiger charge is 2.35. The minimum absolute atomic E-state index is 0. The molecule has 0 bridgehead atoms. The van der Waals surface area contributed by atoms with E-state index in [4.69, 9.17) is 12.2 Å². The second-order valence-electron chi connectivity index (χ2n) is 7.80. The number of fused-ring (bicyclic) bond motifs is 1. The normalized spacial score (nSPS) is 22.8. The number of halogens is 1. The third kappa shape index (κ3) is 4.40. The van der Waals surface area contributed by atoms with E-state index in [1.54, 1.807) is 6.08 Å². The molecule has 30 heavy (non-hydrogen) atoms. The van der Waals surface area contributed by atoms with Crippen LogP contribution < -0.4 is 16.0 Å². The molecule has 0 saturated heterocycles. The van der Waals surface area contributed by atoms with Crippen LogP contribution in [0.4, 0.5) is 0 Å². The van der Waals surface area contributed by atoms with Crippen LogP contribution in [-0.2, 0) is 17.6 Å². The fourth-order valence-corrected chi connectivity index (χ4v) is 5.08. The minimum Gasteiger partial charge on any atom is -0.481 e. The predicted molar refractivity (Wildman–Crippen MR) is 126 cm³/mol. The highest BCUT2D eigenvalue weighted by molar-refractivity contribution is 7.81. The summed E-state index contributed by atoms with van der Waals surface area (Å²) in [6, 6.07) is 8.56. The molecule has 5 nitrogen and oxygen atoms in total. The highest BCUT2D eigenvalue weighted by Crippen LogP contribution is 2.39. The van der Waals surface area contributed by atoms with Crippen molar-refractivity contribution in [2.75, 3.05) is 13.2 Å².